The zero-order valence-electron chi connectivity index (χ0n) is 20.0. The summed E-state index contributed by atoms with van der Waals surface area (Å²) in [6.07, 6.45) is 0.397. The number of carbonyl (C=O) groups excluding carboxylic acids is 2. The summed E-state index contributed by atoms with van der Waals surface area (Å²) >= 11 is 0. The Morgan fingerprint density at radius 1 is 1.15 bits per heavy atom. The number of benzene rings is 2. The number of halogens is 1. The maximum absolute atomic E-state index is 13.7. The van der Waals surface area contributed by atoms with Gasteiger partial charge in [0.25, 0.3) is 0 Å². The van der Waals surface area contributed by atoms with E-state index in [2.05, 4.69) is 0 Å². The van der Waals surface area contributed by atoms with Gasteiger partial charge in [-0.3, -0.25) is 9.78 Å². The van der Waals surface area contributed by atoms with Crippen molar-refractivity contribution in [2.24, 2.45) is 0 Å². The molecule has 0 N–H and O–H groups in total. The maximum Gasteiger partial charge on any atom is 0.410 e. The van der Waals surface area contributed by atoms with Gasteiger partial charge in [0.15, 0.2) is 6.29 Å². The molecule has 0 aliphatic carbocycles. The maximum atomic E-state index is 13.7. The summed E-state index contributed by atoms with van der Waals surface area (Å²) in [4.78, 5) is 32.0. The topological polar surface area (TPSA) is 59.5 Å². The molecule has 0 unspecified atom stereocenters. The third-order valence-electron chi connectivity index (χ3n) is 6.20. The van der Waals surface area contributed by atoms with Gasteiger partial charge in [-0.25, -0.2) is 9.18 Å². The van der Waals surface area contributed by atoms with Gasteiger partial charge in [0.05, 0.1) is 17.9 Å². The number of amides is 1. The van der Waals surface area contributed by atoms with Crippen molar-refractivity contribution in [1.29, 1.82) is 0 Å². The van der Waals surface area contributed by atoms with Crippen LogP contribution >= 0.6 is 0 Å². The Labute approximate surface area is 199 Å². The van der Waals surface area contributed by atoms with Crippen molar-refractivity contribution < 1.29 is 18.7 Å². The molecule has 0 spiro atoms. The summed E-state index contributed by atoms with van der Waals surface area (Å²) in [5.74, 6) is -0.329. The molecule has 2 aromatic carbocycles. The van der Waals surface area contributed by atoms with Gasteiger partial charge in [0.2, 0.25) is 0 Å². The van der Waals surface area contributed by atoms with Gasteiger partial charge in [-0.05, 0) is 29.2 Å². The van der Waals surface area contributed by atoms with Crippen molar-refractivity contribution in [2.75, 3.05) is 6.54 Å². The Morgan fingerprint density at radius 3 is 2.44 bits per heavy atom. The third kappa shape index (κ3) is 4.58. The second-order valence-electron chi connectivity index (χ2n) is 9.67. The van der Waals surface area contributed by atoms with Crippen molar-refractivity contribution >= 4 is 12.4 Å². The van der Waals surface area contributed by atoms with E-state index in [4.69, 9.17) is 9.72 Å². The fraction of sp³-hybridized carbons (Fsp3) is 0.321. The minimum absolute atomic E-state index is 0.0226. The standard InChI is InChI=1S/C28H29FN2O3/c1-18(2)25-23(15-32)24(20-10-12-21(29)13-11-20)22-14-31(17-28(3,4)26(22)30-25)27(33)34-16-19-8-6-5-7-9-19/h5-13,15,18H,14,16-17H2,1-4H3. The molecule has 6 heteroatoms. The molecule has 3 aromatic rings. The Balaban J connectivity index is 1.79. The minimum atomic E-state index is -0.473. The Kier molecular flexibility index (Phi) is 6.51. The van der Waals surface area contributed by atoms with Gasteiger partial charge in [0.1, 0.15) is 12.4 Å². The van der Waals surface area contributed by atoms with E-state index in [-0.39, 0.29) is 24.9 Å². The van der Waals surface area contributed by atoms with Crippen LogP contribution in [-0.4, -0.2) is 28.8 Å². The van der Waals surface area contributed by atoms with Gasteiger partial charge in [0, 0.05) is 28.7 Å². The summed E-state index contributed by atoms with van der Waals surface area (Å²) in [6, 6.07) is 15.6. The molecule has 34 heavy (non-hydrogen) atoms. The van der Waals surface area contributed by atoms with Crippen LogP contribution in [0.3, 0.4) is 0 Å². The molecule has 5 nitrogen and oxygen atoms in total. The minimum Gasteiger partial charge on any atom is -0.445 e. The fourth-order valence-electron chi connectivity index (χ4n) is 4.62. The Bertz CT molecular complexity index is 1200. The smallest absolute Gasteiger partial charge is 0.410 e. The summed E-state index contributed by atoms with van der Waals surface area (Å²) < 4.78 is 19.3. The monoisotopic (exact) mass is 460 g/mol. The van der Waals surface area contributed by atoms with E-state index in [1.165, 1.54) is 12.1 Å². The molecule has 1 aromatic heterocycles. The summed E-state index contributed by atoms with van der Waals surface area (Å²) in [7, 11) is 0. The first-order valence-corrected chi connectivity index (χ1v) is 11.4. The number of rotatable bonds is 5. The highest BCUT2D eigenvalue weighted by Gasteiger charge is 2.39. The third-order valence-corrected chi connectivity index (χ3v) is 6.20. The van der Waals surface area contributed by atoms with Crippen molar-refractivity contribution in [3.8, 4) is 11.1 Å². The molecule has 0 saturated carbocycles. The lowest BCUT2D eigenvalue weighted by Crippen LogP contribution is -2.46. The zero-order valence-corrected chi connectivity index (χ0v) is 20.0. The average molecular weight is 461 g/mol. The lowest BCUT2D eigenvalue weighted by atomic mass is 9.78. The highest BCUT2D eigenvalue weighted by Crippen LogP contribution is 2.41. The van der Waals surface area contributed by atoms with Crippen LogP contribution < -0.4 is 0 Å². The van der Waals surface area contributed by atoms with E-state index in [0.717, 1.165) is 28.7 Å². The molecular formula is C28H29FN2O3. The van der Waals surface area contributed by atoms with Crippen LogP contribution in [0.5, 0.6) is 0 Å². The van der Waals surface area contributed by atoms with E-state index in [1.54, 1.807) is 17.0 Å². The molecule has 1 amide bonds. The molecule has 1 aliphatic rings. The number of aldehydes is 1. The second-order valence-corrected chi connectivity index (χ2v) is 9.67. The van der Waals surface area contributed by atoms with Crippen LogP contribution in [0, 0.1) is 5.82 Å². The highest BCUT2D eigenvalue weighted by atomic mass is 19.1. The van der Waals surface area contributed by atoms with Gasteiger partial charge < -0.3 is 9.64 Å². The van der Waals surface area contributed by atoms with Crippen LogP contribution in [-0.2, 0) is 23.3 Å². The Morgan fingerprint density at radius 2 is 1.82 bits per heavy atom. The van der Waals surface area contributed by atoms with Crippen molar-refractivity contribution in [1.82, 2.24) is 9.88 Å². The number of pyridine rings is 1. The molecule has 0 saturated heterocycles. The van der Waals surface area contributed by atoms with E-state index in [1.807, 2.05) is 58.0 Å². The van der Waals surface area contributed by atoms with E-state index < -0.39 is 11.5 Å². The van der Waals surface area contributed by atoms with Crippen LogP contribution in [0.2, 0.25) is 0 Å². The molecule has 0 radical (unpaired) electrons. The fourth-order valence-corrected chi connectivity index (χ4v) is 4.62. The lowest BCUT2D eigenvalue weighted by Gasteiger charge is -2.40. The van der Waals surface area contributed by atoms with Gasteiger partial charge >= 0.3 is 6.09 Å². The first-order chi connectivity index (χ1) is 16.2. The lowest BCUT2D eigenvalue weighted by molar-refractivity contribution is 0.0813. The summed E-state index contributed by atoms with van der Waals surface area (Å²) in [5.41, 5.74) is 4.71. The van der Waals surface area contributed by atoms with Gasteiger partial charge in [-0.1, -0.05) is 70.2 Å². The molecule has 0 bridgehead atoms. The zero-order chi connectivity index (χ0) is 24.5. The number of nitrogens with zero attached hydrogens (tertiary/aromatic N) is 2. The van der Waals surface area contributed by atoms with Gasteiger partial charge in [-0.15, -0.1) is 0 Å². The van der Waals surface area contributed by atoms with Crippen LogP contribution in [0.15, 0.2) is 54.6 Å². The van der Waals surface area contributed by atoms with Crippen LogP contribution in [0.4, 0.5) is 9.18 Å². The quantitative estimate of drug-likeness (QED) is 0.422. The number of hydrogen-bond donors (Lipinski definition) is 0. The number of aromatic nitrogens is 1. The largest absolute Gasteiger partial charge is 0.445 e. The molecule has 176 valence electrons. The SMILES string of the molecule is CC(C)c1nc2c(c(-c3ccc(F)cc3)c1C=O)CN(C(=O)OCc1ccccc1)CC2(C)C. The molecular weight excluding hydrogens is 431 g/mol. The predicted molar refractivity (Wildman–Crippen MR) is 129 cm³/mol. The number of ether oxygens (including phenoxy) is 1. The summed E-state index contributed by atoms with van der Waals surface area (Å²) in [6.45, 7) is 8.94. The number of hydrogen-bond acceptors (Lipinski definition) is 4. The molecule has 0 fully saturated rings. The van der Waals surface area contributed by atoms with E-state index >= 15 is 0 Å². The highest BCUT2D eigenvalue weighted by molar-refractivity contribution is 5.91. The normalized spacial score (nSPS) is 14.6. The van der Waals surface area contributed by atoms with Crippen molar-refractivity contribution in [2.45, 2.75) is 52.2 Å². The predicted octanol–water partition coefficient (Wildman–Crippen LogP) is 6.25. The van der Waals surface area contributed by atoms with E-state index in [9.17, 15) is 14.0 Å². The van der Waals surface area contributed by atoms with Gasteiger partial charge in [-0.2, -0.15) is 0 Å². The van der Waals surface area contributed by atoms with Crippen LogP contribution in [0.1, 0.15) is 66.5 Å². The average Bonchev–Trinajstić information content (AvgIpc) is 2.82. The molecule has 2 heterocycles. The first kappa shape index (κ1) is 23.6. The first-order valence-electron chi connectivity index (χ1n) is 11.4. The molecule has 1 aliphatic heterocycles. The van der Waals surface area contributed by atoms with Crippen molar-refractivity contribution in [3.05, 3.63) is 88.5 Å². The number of carbonyl (C=O) groups is 2. The second kappa shape index (κ2) is 9.37. The summed E-state index contributed by atoms with van der Waals surface area (Å²) in [5, 5.41) is 0. The van der Waals surface area contributed by atoms with E-state index in [0.29, 0.717) is 23.4 Å². The Hall–Kier alpha value is -3.54. The number of fused-ring (bicyclic) bond motifs is 1. The van der Waals surface area contributed by atoms with Crippen LogP contribution in [0.25, 0.3) is 11.1 Å². The van der Waals surface area contributed by atoms with Crippen molar-refractivity contribution in [3.63, 3.8) is 0 Å². The molecule has 0 atom stereocenters. The molecule has 4 rings (SSSR count).